The van der Waals surface area contributed by atoms with E-state index in [1.807, 2.05) is 0 Å². The Balaban J connectivity index is 3.23. The normalized spacial score (nSPS) is 9.50. The van der Waals surface area contributed by atoms with Gasteiger partial charge in [0.1, 0.15) is 0 Å². The predicted molar refractivity (Wildman–Crippen MR) is 39.6 cm³/mol. The number of nitrogens with zero attached hydrogens (tertiary/aromatic N) is 1. The molecule has 0 spiro atoms. The lowest BCUT2D eigenvalue weighted by molar-refractivity contribution is -0.387. The zero-order valence-electron chi connectivity index (χ0n) is 6.28. The van der Waals surface area contributed by atoms with Crippen molar-refractivity contribution in [3.63, 3.8) is 0 Å². The van der Waals surface area contributed by atoms with Crippen LogP contribution >= 0.6 is 0 Å². The van der Waals surface area contributed by atoms with Crippen LogP contribution in [0.1, 0.15) is 0 Å². The van der Waals surface area contributed by atoms with E-state index in [1.165, 1.54) is 19.2 Å². The molecule has 1 aromatic carbocycles. The second kappa shape index (κ2) is 3.17. The lowest BCUT2D eigenvalue weighted by Crippen LogP contribution is -1.95. The average molecular weight is 171 g/mol. The number of benzene rings is 1. The van der Waals surface area contributed by atoms with E-state index in [9.17, 15) is 14.5 Å². The molecule has 1 aromatic rings. The highest BCUT2D eigenvalue weighted by Gasteiger charge is 2.17. The molecule has 12 heavy (non-hydrogen) atoms. The van der Waals surface area contributed by atoms with Gasteiger partial charge in [-0.15, -0.1) is 0 Å². The minimum Gasteiger partial charge on any atom is -0.493 e. The van der Waals surface area contributed by atoms with Crippen LogP contribution in [0.4, 0.5) is 10.1 Å². The maximum Gasteiger partial charge on any atom is 0.308 e. The average Bonchev–Trinajstić information content (AvgIpc) is 2.04. The molecule has 0 aliphatic rings. The summed E-state index contributed by atoms with van der Waals surface area (Å²) in [5.41, 5.74) is -0.575. The standard InChI is InChI=1S/C7H6FNO3/c1-12-6-4-2-3-5(7(6)8)9(10)11/h2-4H,1H3. The second-order valence-electron chi connectivity index (χ2n) is 2.05. The number of nitro groups is 1. The maximum atomic E-state index is 13.0. The lowest BCUT2D eigenvalue weighted by Gasteiger charge is -1.99. The molecule has 0 amide bonds. The summed E-state index contributed by atoms with van der Waals surface area (Å²) >= 11 is 0. The molecule has 0 heterocycles. The van der Waals surface area contributed by atoms with Gasteiger partial charge in [-0.05, 0) is 6.07 Å². The number of halogens is 1. The van der Waals surface area contributed by atoms with Crippen molar-refractivity contribution in [1.82, 2.24) is 0 Å². The number of rotatable bonds is 2. The Morgan fingerprint density at radius 3 is 2.75 bits per heavy atom. The number of nitro benzene ring substituents is 1. The van der Waals surface area contributed by atoms with Gasteiger partial charge in [0, 0.05) is 6.07 Å². The Morgan fingerprint density at radius 1 is 1.58 bits per heavy atom. The highest BCUT2D eigenvalue weighted by molar-refractivity contribution is 5.40. The fraction of sp³-hybridized carbons (Fsp3) is 0.143. The van der Waals surface area contributed by atoms with Crippen molar-refractivity contribution in [3.05, 3.63) is 34.1 Å². The first-order valence-corrected chi connectivity index (χ1v) is 3.13. The van der Waals surface area contributed by atoms with Crippen molar-refractivity contribution < 1.29 is 14.1 Å². The summed E-state index contributed by atoms with van der Waals surface area (Å²) in [6.45, 7) is 0. The third-order valence-electron chi connectivity index (χ3n) is 1.36. The van der Waals surface area contributed by atoms with Crippen molar-refractivity contribution in [2.24, 2.45) is 0 Å². The van der Waals surface area contributed by atoms with E-state index < -0.39 is 16.4 Å². The molecular formula is C7H6FNO3. The quantitative estimate of drug-likeness (QED) is 0.503. The summed E-state index contributed by atoms with van der Waals surface area (Å²) in [7, 11) is 1.25. The summed E-state index contributed by atoms with van der Waals surface area (Å²) < 4.78 is 17.5. The van der Waals surface area contributed by atoms with E-state index in [0.717, 1.165) is 6.07 Å². The van der Waals surface area contributed by atoms with Gasteiger partial charge in [-0.2, -0.15) is 4.39 Å². The largest absolute Gasteiger partial charge is 0.493 e. The number of hydrogen-bond donors (Lipinski definition) is 0. The summed E-state index contributed by atoms with van der Waals surface area (Å²) in [5.74, 6) is -1.06. The predicted octanol–water partition coefficient (Wildman–Crippen LogP) is 1.74. The van der Waals surface area contributed by atoms with Gasteiger partial charge in [0.05, 0.1) is 12.0 Å². The summed E-state index contributed by atoms with van der Waals surface area (Å²) in [6, 6.07) is 3.76. The first kappa shape index (κ1) is 8.45. The molecule has 4 nitrogen and oxygen atoms in total. The van der Waals surface area contributed by atoms with Crippen molar-refractivity contribution in [2.75, 3.05) is 7.11 Å². The number of hydrogen-bond acceptors (Lipinski definition) is 3. The summed E-state index contributed by atoms with van der Waals surface area (Å²) in [6.07, 6.45) is 0. The first-order valence-electron chi connectivity index (χ1n) is 3.13. The number of ether oxygens (including phenoxy) is 1. The highest BCUT2D eigenvalue weighted by Crippen LogP contribution is 2.25. The van der Waals surface area contributed by atoms with Gasteiger partial charge < -0.3 is 4.74 Å². The molecule has 0 bridgehead atoms. The minimum atomic E-state index is -0.940. The van der Waals surface area contributed by atoms with E-state index >= 15 is 0 Å². The molecule has 5 heteroatoms. The van der Waals surface area contributed by atoms with Crippen LogP contribution in [0.5, 0.6) is 5.75 Å². The molecule has 0 aliphatic heterocycles. The Hall–Kier alpha value is -1.65. The Kier molecular flexibility index (Phi) is 2.23. The van der Waals surface area contributed by atoms with Crippen molar-refractivity contribution in [2.45, 2.75) is 0 Å². The highest BCUT2D eigenvalue weighted by atomic mass is 19.1. The monoisotopic (exact) mass is 171 g/mol. The van der Waals surface area contributed by atoms with Gasteiger partial charge in [0.15, 0.2) is 5.75 Å². The van der Waals surface area contributed by atoms with E-state index in [4.69, 9.17) is 0 Å². The van der Waals surface area contributed by atoms with Crippen molar-refractivity contribution >= 4 is 5.69 Å². The molecule has 0 saturated heterocycles. The van der Waals surface area contributed by atoms with Crippen molar-refractivity contribution in [1.29, 1.82) is 0 Å². The molecule has 0 atom stereocenters. The van der Waals surface area contributed by atoms with Crippen molar-refractivity contribution in [3.8, 4) is 5.75 Å². The number of methoxy groups -OCH3 is 1. The van der Waals surface area contributed by atoms with Crippen LogP contribution in [0.2, 0.25) is 0 Å². The summed E-state index contributed by atoms with van der Waals surface area (Å²) in [4.78, 5) is 9.41. The van der Waals surface area contributed by atoms with Crippen LogP contribution in [0.25, 0.3) is 0 Å². The maximum absolute atomic E-state index is 13.0. The van der Waals surface area contributed by atoms with Crippen LogP contribution in [-0.2, 0) is 0 Å². The van der Waals surface area contributed by atoms with E-state index in [-0.39, 0.29) is 5.75 Å². The molecule has 0 fully saturated rings. The van der Waals surface area contributed by atoms with E-state index in [0.29, 0.717) is 0 Å². The van der Waals surface area contributed by atoms with E-state index in [1.54, 1.807) is 0 Å². The molecular weight excluding hydrogens is 165 g/mol. The third-order valence-corrected chi connectivity index (χ3v) is 1.36. The lowest BCUT2D eigenvalue weighted by atomic mass is 10.3. The van der Waals surface area contributed by atoms with Crippen LogP contribution < -0.4 is 4.74 Å². The Morgan fingerprint density at radius 2 is 2.25 bits per heavy atom. The Bertz CT molecular complexity index is 314. The van der Waals surface area contributed by atoms with E-state index in [2.05, 4.69) is 4.74 Å². The SMILES string of the molecule is COc1cccc([N+](=O)[O-])c1F. The van der Waals surface area contributed by atoms with Crippen LogP contribution in [0, 0.1) is 15.9 Å². The smallest absolute Gasteiger partial charge is 0.308 e. The zero-order valence-corrected chi connectivity index (χ0v) is 6.28. The topological polar surface area (TPSA) is 52.4 Å². The van der Waals surface area contributed by atoms with Crippen LogP contribution in [-0.4, -0.2) is 12.0 Å². The fourth-order valence-electron chi connectivity index (χ4n) is 0.798. The van der Waals surface area contributed by atoms with Gasteiger partial charge in [-0.3, -0.25) is 10.1 Å². The molecule has 0 N–H and O–H groups in total. The Labute approximate surface area is 67.7 Å². The zero-order chi connectivity index (χ0) is 9.14. The van der Waals surface area contributed by atoms with Gasteiger partial charge in [-0.1, -0.05) is 6.07 Å². The van der Waals surface area contributed by atoms with Gasteiger partial charge in [0.2, 0.25) is 5.82 Å². The molecule has 0 unspecified atom stereocenters. The van der Waals surface area contributed by atoms with Crippen LogP contribution in [0.15, 0.2) is 18.2 Å². The summed E-state index contributed by atoms with van der Waals surface area (Å²) in [5, 5.41) is 10.2. The third kappa shape index (κ3) is 1.34. The fourth-order valence-corrected chi connectivity index (χ4v) is 0.798. The molecule has 64 valence electrons. The molecule has 0 radical (unpaired) electrons. The second-order valence-corrected chi connectivity index (χ2v) is 2.05. The molecule has 0 aromatic heterocycles. The molecule has 1 rings (SSSR count). The van der Waals surface area contributed by atoms with Gasteiger partial charge in [-0.25, -0.2) is 0 Å². The van der Waals surface area contributed by atoms with Gasteiger partial charge in [0.25, 0.3) is 0 Å². The van der Waals surface area contributed by atoms with Gasteiger partial charge >= 0.3 is 5.69 Å². The molecule has 0 aliphatic carbocycles. The minimum absolute atomic E-state index is 0.121. The molecule has 0 saturated carbocycles. The van der Waals surface area contributed by atoms with Crippen LogP contribution in [0.3, 0.4) is 0 Å². The first-order chi connectivity index (χ1) is 5.66.